The van der Waals surface area contributed by atoms with Crippen LogP contribution in [0.25, 0.3) is 11.3 Å². The number of carboxylic acid groups (broad SMARTS) is 2. The number of hydrogen-bond acceptors (Lipinski definition) is 9. The molecule has 3 rings (SSSR count). The summed E-state index contributed by atoms with van der Waals surface area (Å²) < 4.78 is 10.8. The fourth-order valence-electron chi connectivity index (χ4n) is 4.42. The minimum absolute atomic E-state index is 0.00344. The van der Waals surface area contributed by atoms with Crippen molar-refractivity contribution >= 4 is 36.8 Å². The minimum Gasteiger partial charge on any atom is -0.506 e. The summed E-state index contributed by atoms with van der Waals surface area (Å²) in [5, 5.41) is 33.9. The molecule has 2 amide bonds. The van der Waals surface area contributed by atoms with E-state index < -0.39 is 73.4 Å². The van der Waals surface area contributed by atoms with E-state index in [4.69, 9.17) is 9.31 Å². The van der Waals surface area contributed by atoms with Crippen LogP contribution in [0.15, 0.2) is 48.5 Å². The van der Waals surface area contributed by atoms with E-state index in [2.05, 4.69) is 15.6 Å². The lowest BCUT2D eigenvalue weighted by Crippen LogP contribution is -2.58. The number of aromatic nitrogens is 1. The molecule has 0 bridgehead atoms. The third-order valence-electron chi connectivity index (χ3n) is 6.29. The highest BCUT2D eigenvalue weighted by Gasteiger charge is 2.58. The molecule has 2 heterocycles. The summed E-state index contributed by atoms with van der Waals surface area (Å²) in [6, 6.07) is 12.5. The minimum atomic E-state index is -2.28. The van der Waals surface area contributed by atoms with Gasteiger partial charge in [0.2, 0.25) is 5.91 Å². The van der Waals surface area contributed by atoms with Gasteiger partial charge in [-0.3, -0.25) is 24.0 Å². The van der Waals surface area contributed by atoms with E-state index in [1.54, 1.807) is 26.0 Å². The van der Waals surface area contributed by atoms with Gasteiger partial charge < -0.3 is 35.3 Å². The second kappa shape index (κ2) is 13.4. The normalized spacial score (nSPS) is 16.4. The molecule has 1 fully saturated rings. The van der Waals surface area contributed by atoms with Crippen LogP contribution in [0.4, 0.5) is 0 Å². The number of nitrogens with one attached hydrogen (secondary N) is 2. The molecule has 2 aromatic rings. The summed E-state index contributed by atoms with van der Waals surface area (Å²) in [6.07, 6.45) is -3.11. The Morgan fingerprint density at radius 3 is 2.15 bits per heavy atom. The third-order valence-corrected chi connectivity index (χ3v) is 6.29. The highest BCUT2D eigenvalue weighted by atomic mass is 16.7. The molecule has 1 aliphatic heterocycles. The van der Waals surface area contributed by atoms with Gasteiger partial charge in [0.25, 0.3) is 5.91 Å². The van der Waals surface area contributed by atoms with Crippen LogP contribution in [0.2, 0.25) is 0 Å². The third kappa shape index (κ3) is 8.11. The monoisotopic (exact) mass is 569 g/mol. The molecule has 1 aliphatic rings. The predicted octanol–water partition coefficient (Wildman–Crippen LogP) is 1.05. The number of aliphatic hydroxyl groups excluding tert-OH is 1. The van der Waals surface area contributed by atoms with Crippen LogP contribution in [0.3, 0.4) is 0 Å². The maximum atomic E-state index is 13.3. The van der Waals surface area contributed by atoms with Crippen molar-refractivity contribution in [1.82, 2.24) is 15.6 Å². The molecule has 1 saturated heterocycles. The van der Waals surface area contributed by atoms with E-state index in [9.17, 15) is 39.3 Å². The zero-order chi connectivity index (χ0) is 30.3. The SMILES string of the molecule is CC(C)C[C@H](NC(=O)[C@@H](NC(=O)c1cccc(-c2ccccc2)n1)[C@@H](C)O)B1OC(=O)C(CC(=O)O)(CC(=O)O)O1. The highest BCUT2D eigenvalue weighted by Crippen LogP contribution is 2.32. The van der Waals surface area contributed by atoms with Crippen molar-refractivity contribution in [2.24, 2.45) is 5.92 Å². The van der Waals surface area contributed by atoms with Crippen molar-refractivity contribution in [3.05, 3.63) is 54.2 Å². The Balaban J connectivity index is 1.79. The Bertz CT molecular complexity index is 1270. The summed E-state index contributed by atoms with van der Waals surface area (Å²) in [4.78, 5) is 66.1. The molecule has 3 atom stereocenters. The van der Waals surface area contributed by atoms with Gasteiger partial charge in [-0.05, 0) is 31.4 Å². The van der Waals surface area contributed by atoms with Gasteiger partial charge in [-0.1, -0.05) is 50.2 Å². The van der Waals surface area contributed by atoms with Crippen LogP contribution in [-0.2, 0) is 28.5 Å². The van der Waals surface area contributed by atoms with E-state index >= 15 is 0 Å². The first-order valence-corrected chi connectivity index (χ1v) is 13.0. The number of aliphatic hydroxyl groups is 1. The number of amides is 2. The molecule has 0 unspecified atom stereocenters. The maximum Gasteiger partial charge on any atom is 0.552 e. The topological polar surface area (TPSA) is 201 Å². The lowest BCUT2D eigenvalue weighted by Gasteiger charge is -2.27. The Labute approximate surface area is 236 Å². The molecule has 0 saturated carbocycles. The van der Waals surface area contributed by atoms with Crippen molar-refractivity contribution in [1.29, 1.82) is 0 Å². The van der Waals surface area contributed by atoms with Crippen LogP contribution in [0, 0.1) is 5.92 Å². The van der Waals surface area contributed by atoms with Gasteiger partial charge in [-0.2, -0.15) is 0 Å². The average molecular weight is 569 g/mol. The second-order valence-corrected chi connectivity index (χ2v) is 10.2. The van der Waals surface area contributed by atoms with Crippen LogP contribution in [-0.4, -0.2) is 80.8 Å². The van der Waals surface area contributed by atoms with E-state index in [0.717, 1.165) is 5.56 Å². The summed E-state index contributed by atoms with van der Waals surface area (Å²) in [5.74, 6) is -6.86. The first kappa shape index (κ1) is 31.2. The van der Waals surface area contributed by atoms with Crippen LogP contribution >= 0.6 is 0 Å². The molecular formula is C27H32BN3O10. The molecule has 0 spiro atoms. The van der Waals surface area contributed by atoms with Gasteiger partial charge in [0.15, 0.2) is 5.60 Å². The molecule has 14 heteroatoms. The number of carboxylic acids is 2. The van der Waals surface area contributed by atoms with E-state index in [-0.39, 0.29) is 18.0 Å². The Kier molecular flexibility index (Phi) is 10.2. The highest BCUT2D eigenvalue weighted by molar-refractivity contribution is 6.51. The number of benzene rings is 1. The van der Waals surface area contributed by atoms with Gasteiger partial charge in [0.05, 0.1) is 30.6 Å². The van der Waals surface area contributed by atoms with Gasteiger partial charge in [-0.25, -0.2) is 4.98 Å². The Morgan fingerprint density at radius 2 is 1.59 bits per heavy atom. The van der Waals surface area contributed by atoms with Crippen molar-refractivity contribution < 1.29 is 48.6 Å². The molecule has 1 aromatic carbocycles. The van der Waals surface area contributed by atoms with Crippen LogP contribution < -0.4 is 10.6 Å². The van der Waals surface area contributed by atoms with Crippen molar-refractivity contribution in [2.45, 2.75) is 63.7 Å². The molecule has 13 nitrogen and oxygen atoms in total. The number of hydrogen-bond donors (Lipinski definition) is 5. The number of rotatable bonds is 13. The standard InChI is InChI=1S/C27H32BN3O10/c1-15(2)12-20(28-40-26(39)27(41-28,13-21(33)34)14-22(35)36)30-25(38)23(16(3)32)31-24(37)19-11-7-10-18(29-19)17-8-5-4-6-9-17/h4-11,15-16,20,23,32H,12-14H2,1-3H3,(H,30,38)(H,31,37)(H,33,34)(H,35,36)/t16-,20+,23+/m1/s1. The van der Waals surface area contributed by atoms with Crippen LogP contribution in [0.1, 0.15) is 50.5 Å². The summed E-state index contributed by atoms with van der Waals surface area (Å²) >= 11 is 0. The molecule has 0 radical (unpaired) electrons. The first-order chi connectivity index (χ1) is 19.3. The molecule has 41 heavy (non-hydrogen) atoms. The second-order valence-electron chi connectivity index (χ2n) is 10.2. The average Bonchev–Trinajstić information content (AvgIpc) is 3.20. The molecule has 0 aliphatic carbocycles. The largest absolute Gasteiger partial charge is 0.552 e. The zero-order valence-corrected chi connectivity index (χ0v) is 22.8. The van der Waals surface area contributed by atoms with E-state index in [0.29, 0.717) is 5.69 Å². The molecule has 5 N–H and O–H groups in total. The lowest BCUT2D eigenvalue weighted by atomic mass is 9.73. The summed E-state index contributed by atoms with van der Waals surface area (Å²) in [6.45, 7) is 4.90. The van der Waals surface area contributed by atoms with Crippen molar-refractivity contribution in [2.75, 3.05) is 0 Å². The fourth-order valence-corrected chi connectivity index (χ4v) is 4.42. The molecule has 1 aromatic heterocycles. The zero-order valence-electron chi connectivity index (χ0n) is 22.8. The lowest BCUT2D eigenvalue weighted by molar-refractivity contribution is -0.157. The number of nitrogens with zero attached hydrogens (tertiary/aromatic N) is 1. The molecular weight excluding hydrogens is 537 g/mol. The first-order valence-electron chi connectivity index (χ1n) is 13.0. The van der Waals surface area contributed by atoms with Gasteiger partial charge >= 0.3 is 25.0 Å². The summed E-state index contributed by atoms with van der Waals surface area (Å²) in [5.41, 5.74) is -0.977. The van der Waals surface area contributed by atoms with E-state index in [1.807, 2.05) is 30.3 Å². The predicted molar refractivity (Wildman–Crippen MR) is 144 cm³/mol. The van der Waals surface area contributed by atoms with Crippen molar-refractivity contribution in [3.63, 3.8) is 0 Å². The fraction of sp³-hybridized carbons (Fsp3) is 0.407. The number of carbonyl (C=O) groups is 5. The van der Waals surface area contributed by atoms with Gasteiger partial charge in [0.1, 0.15) is 11.7 Å². The number of carbonyl (C=O) groups excluding carboxylic acids is 3. The smallest absolute Gasteiger partial charge is 0.506 e. The number of pyridine rings is 1. The number of aliphatic carboxylic acids is 2. The quantitative estimate of drug-likeness (QED) is 0.216. The Morgan fingerprint density at radius 1 is 0.951 bits per heavy atom. The van der Waals surface area contributed by atoms with Gasteiger partial charge in [-0.15, -0.1) is 0 Å². The van der Waals surface area contributed by atoms with E-state index in [1.165, 1.54) is 13.0 Å². The van der Waals surface area contributed by atoms with Gasteiger partial charge in [0, 0.05) is 5.56 Å². The van der Waals surface area contributed by atoms with Crippen molar-refractivity contribution in [3.8, 4) is 11.3 Å². The molecule has 218 valence electrons. The summed E-state index contributed by atoms with van der Waals surface area (Å²) in [7, 11) is -1.51. The maximum absolute atomic E-state index is 13.3. The van der Waals surface area contributed by atoms with Crippen LogP contribution in [0.5, 0.6) is 0 Å². The Hall–Kier alpha value is -4.30.